The summed E-state index contributed by atoms with van der Waals surface area (Å²) in [5.74, 6) is -0.898. The van der Waals surface area contributed by atoms with Gasteiger partial charge in [0.25, 0.3) is 5.91 Å². The van der Waals surface area contributed by atoms with Gasteiger partial charge in [-0.05, 0) is 26.8 Å². The van der Waals surface area contributed by atoms with Gasteiger partial charge in [-0.1, -0.05) is 0 Å². The molecule has 0 saturated heterocycles. The first-order valence-corrected chi connectivity index (χ1v) is 6.46. The SMILES string of the molecule is COC(=O)C(C)(C)NC(=O)c1cnc2c(c1)c(C)nn2C. The predicted molar refractivity (Wildman–Crippen MR) is 76.8 cm³/mol. The Morgan fingerprint density at radius 2 is 2.05 bits per heavy atom. The molecule has 0 aliphatic carbocycles. The Morgan fingerprint density at radius 3 is 2.67 bits per heavy atom. The van der Waals surface area contributed by atoms with Crippen LogP contribution in [0.4, 0.5) is 0 Å². The summed E-state index contributed by atoms with van der Waals surface area (Å²) in [6, 6.07) is 1.72. The average molecular weight is 290 g/mol. The van der Waals surface area contributed by atoms with Crippen molar-refractivity contribution >= 4 is 22.9 Å². The molecule has 2 aromatic heterocycles. The van der Waals surface area contributed by atoms with Crippen molar-refractivity contribution in [2.75, 3.05) is 7.11 Å². The summed E-state index contributed by atoms with van der Waals surface area (Å²) in [6.45, 7) is 5.01. The number of hydrogen-bond donors (Lipinski definition) is 1. The van der Waals surface area contributed by atoms with Crippen LogP contribution in [-0.4, -0.2) is 39.3 Å². The molecule has 0 unspecified atom stereocenters. The minimum atomic E-state index is -1.11. The number of pyridine rings is 1. The number of esters is 1. The summed E-state index contributed by atoms with van der Waals surface area (Å²) in [4.78, 5) is 28.1. The molecule has 0 aliphatic rings. The minimum Gasteiger partial charge on any atom is -0.467 e. The van der Waals surface area contributed by atoms with Crippen LogP contribution in [0, 0.1) is 6.92 Å². The molecular formula is C14H18N4O3. The van der Waals surface area contributed by atoms with E-state index >= 15 is 0 Å². The van der Waals surface area contributed by atoms with Gasteiger partial charge in [0.1, 0.15) is 5.54 Å². The van der Waals surface area contributed by atoms with Crippen LogP contribution in [0.2, 0.25) is 0 Å². The van der Waals surface area contributed by atoms with E-state index in [9.17, 15) is 9.59 Å². The van der Waals surface area contributed by atoms with Gasteiger partial charge in [-0.15, -0.1) is 0 Å². The Balaban J connectivity index is 2.32. The molecule has 7 heteroatoms. The molecule has 2 heterocycles. The lowest BCUT2D eigenvalue weighted by molar-refractivity contribution is -0.146. The van der Waals surface area contributed by atoms with Gasteiger partial charge in [-0.3, -0.25) is 9.48 Å². The number of methoxy groups -OCH3 is 1. The maximum absolute atomic E-state index is 12.3. The van der Waals surface area contributed by atoms with Crippen molar-refractivity contribution in [2.45, 2.75) is 26.3 Å². The van der Waals surface area contributed by atoms with Crippen molar-refractivity contribution in [1.82, 2.24) is 20.1 Å². The van der Waals surface area contributed by atoms with Crippen molar-refractivity contribution in [3.05, 3.63) is 23.5 Å². The van der Waals surface area contributed by atoms with E-state index in [2.05, 4.69) is 20.1 Å². The number of carbonyl (C=O) groups excluding carboxylic acids is 2. The quantitative estimate of drug-likeness (QED) is 0.851. The number of ether oxygens (including phenoxy) is 1. The van der Waals surface area contributed by atoms with Gasteiger partial charge in [0.05, 0.1) is 18.4 Å². The van der Waals surface area contributed by atoms with E-state index in [1.807, 2.05) is 6.92 Å². The summed E-state index contributed by atoms with van der Waals surface area (Å²) in [5, 5.41) is 7.70. The molecule has 0 spiro atoms. The molecule has 0 aliphatic heterocycles. The van der Waals surface area contributed by atoms with E-state index in [-0.39, 0.29) is 5.91 Å². The third-order valence-corrected chi connectivity index (χ3v) is 3.25. The van der Waals surface area contributed by atoms with E-state index in [0.29, 0.717) is 11.2 Å². The van der Waals surface area contributed by atoms with Crippen molar-refractivity contribution in [2.24, 2.45) is 7.05 Å². The highest BCUT2D eigenvalue weighted by atomic mass is 16.5. The molecule has 112 valence electrons. The third kappa shape index (κ3) is 2.72. The van der Waals surface area contributed by atoms with Crippen LogP contribution >= 0.6 is 0 Å². The Bertz CT molecular complexity index is 718. The summed E-state index contributed by atoms with van der Waals surface area (Å²) in [6.07, 6.45) is 1.46. The number of aryl methyl sites for hydroxylation is 2. The molecule has 2 rings (SSSR count). The zero-order chi connectivity index (χ0) is 15.8. The lowest BCUT2D eigenvalue weighted by Crippen LogP contribution is -2.50. The second kappa shape index (κ2) is 5.16. The zero-order valence-electron chi connectivity index (χ0n) is 12.7. The van der Waals surface area contributed by atoms with Crippen LogP contribution < -0.4 is 5.32 Å². The van der Waals surface area contributed by atoms with E-state index in [1.165, 1.54) is 13.3 Å². The molecule has 0 saturated carbocycles. The summed E-state index contributed by atoms with van der Waals surface area (Å²) >= 11 is 0. The Kier molecular flexibility index (Phi) is 3.67. The Labute approximate surface area is 122 Å². The Morgan fingerprint density at radius 1 is 1.38 bits per heavy atom. The minimum absolute atomic E-state index is 0.371. The first-order valence-electron chi connectivity index (χ1n) is 6.46. The van der Waals surface area contributed by atoms with E-state index < -0.39 is 11.5 Å². The van der Waals surface area contributed by atoms with Crippen molar-refractivity contribution in [1.29, 1.82) is 0 Å². The summed E-state index contributed by atoms with van der Waals surface area (Å²) in [7, 11) is 3.07. The van der Waals surface area contributed by atoms with Gasteiger partial charge >= 0.3 is 5.97 Å². The number of amides is 1. The monoisotopic (exact) mass is 290 g/mol. The van der Waals surface area contributed by atoms with E-state index in [4.69, 9.17) is 0 Å². The van der Waals surface area contributed by atoms with Crippen molar-refractivity contribution in [3.63, 3.8) is 0 Å². The number of nitrogens with zero attached hydrogens (tertiary/aromatic N) is 3. The highest BCUT2D eigenvalue weighted by Gasteiger charge is 2.31. The molecule has 7 nitrogen and oxygen atoms in total. The molecule has 1 N–H and O–H groups in total. The molecule has 0 fully saturated rings. The maximum Gasteiger partial charge on any atom is 0.330 e. The second-order valence-corrected chi connectivity index (χ2v) is 5.37. The fourth-order valence-corrected chi connectivity index (χ4v) is 2.09. The van der Waals surface area contributed by atoms with Crippen molar-refractivity contribution < 1.29 is 14.3 Å². The smallest absolute Gasteiger partial charge is 0.330 e. The number of nitrogens with one attached hydrogen (secondary N) is 1. The van der Waals surface area contributed by atoms with Gasteiger partial charge in [0, 0.05) is 18.6 Å². The first-order chi connectivity index (χ1) is 9.76. The molecule has 2 aromatic rings. The molecule has 1 amide bonds. The van der Waals surface area contributed by atoms with Crippen LogP contribution in [0.1, 0.15) is 29.9 Å². The van der Waals surface area contributed by atoms with Crippen LogP contribution in [-0.2, 0) is 16.6 Å². The molecule has 21 heavy (non-hydrogen) atoms. The topological polar surface area (TPSA) is 86.1 Å². The second-order valence-electron chi connectivity index (χ2n) is 5.37. The number of rotatable bonds is 3. The van der Waals surface area contributed by atoms with Gasteiger partial charge < -0.3 is 10.1 Å². The summed E-state index contributed by atoms with van der Waals surface area (Å²) < 4.78 is 6.32. The standard InChI is InChI=1S/C14H18N4O3/c1-8-10-6-9(7-15-11(10)18(4)17-8)12(19)16-14(2,3)13(20)21-5/h6-7H,1-5H3,(H,16,19). The zero-order valence-corrected chi connectivity index (χ0v) is 12.7. The van der Waals surface area contributed by atoms with Crippen LogP contribution in [0.15, 0.2) is 12.3 Å². The molecule has 0 radical (unpaired) electrons. The van der Waals surface area contributed by atoms with Crippen molar-refractivity contribution in [3.8, 4) is 0 Å². The summed E-state index contributed by atoms with van der Waals surface area (Å²) in [5.41, 5.74) is 0.763. The highest BCUT2D eigenvalue weighted by Crippen LogP contribution is 2.17. The van der Waals surface area contributed by atoms with E-state index in [1.54, 1.807) is 31.6 Å². The number of aromatic nitrogens is 3. The normalized spacial score (nSPS) is 11.5. The number of carbonyl (C=O) groups is 2. The molecule has 0 bridgehead atoms. The van der Waals surface area contributed by atoms with E-state index in [0.717, 1.165) is 11.1 Å². The highest BCUT2D eigenvalue weighted by molar-refractivity contribution is 6.00. The fourth-order valence-electron chi connectivity index (χ4n) is 2.09. The van der Waals surface area contributed by atoms with Crippen LogP contribution in [0.3, 0.4) is 0 Å². The van der Waals surface area contributed by atoms with Gasteiger partial charge in [0.2, 0.25) is 0 Å². The number of hydrogen-bond acceptors (Lipinski definition) is 5. The Hall–Kier alpha value is -2.44. The predicted octanol–water partition coefficient (Wildman–Crippen LogP) is 0.958. The molecule has 0 aromatic carbocycles. The molecule has 0 atom stereocenters. The molecular weight excluding hydrogens is 272 g/mol. The third-order valence-electron chi connectivity index (χ3n) is 3.25. The van der Waals surface area contributed by atoms with Gasteiger partial charge in [-0.2, -0.15) is 5.10 Å². The fraction of sp³-hybridized carbons (Fsp3) is 0.429. The van der Waals surface area contributed by atoms with Gasteiger partial charge in [-0.25, -0.2) is 9.78 Å². The first kappa shape index (κ1) is 15.0. The lowest BCUT2D eigenvalue weighted by Gasteiger charge is -2.22. The largest absolute Gasteiger partial charge is 0.467 e. The average Bonchev–Trinajstić information content (AvgIpc) is 2.72. The maximum atomic E-state index is 12.3. The van der Waals surface area contributed by atoms with Gasteiger partial charge in [0.15, 0.2) is 5.65 Å². The lowest BCUT2D eigenvalue weighted by atomic mass is 10.1. The van der Waals surface area contributed by atoms with Crippen LogP contribution in [0.25, 0.3) is 11.0 Å². The number of fused-ring (bicyclic) bond motifs is 1. The van der Waals surface area contributed by atoms with Crippen LogP contribution in [0.5, 0.6) is 0 Å².